The van der Waals surface area contributed by atoms with E-state index in [-0.39, 0.29) is 18.0 Å². The summed E-state index contributed by atoms with van der Waals surface area (Å²) in [5, 5.41) is 8.53. The van der Waals surface area contributed by atoms with Gasteiger partial charge in [-0.3, -0.25) is 4.79 Å². The van der Waals surface area contributed by atoms with Crippen LogP contribution in [-0.4, -0.2) is 12.1 Å². The Hall–Kier alpha value is -2.34. The van der Waals surface area contributed by atoms with Gasteiger partial charge in [0, 0.05) is 6.08 Å². The number of allylic oxidation sites excluding steroid dienone is 4. The number of carbonyl (C=O) groups excluding carboxylic acids is 1. The molecule has 172 valence electrons. The lowest BCUT2D eigenvalue weighted by Crippen LogP contribution is -2.29. The van der Waals surface area contributed by atoms with Gasteiger partial charge in [0.2, 0.25) is 0 Å². The number of rotatable bonds is 9. The molecule has 3 nitrogen and oxygen atoms in total. The molecule has 0 heterocycles. The van der Waals surface area contributed by atoms with Crippen molar-refractivity contribution in [3.05, 3.63) is 59.7 Å². The SMILES string of the molecule is CCCCCc1ccc(C2CCC(OC(=O)C3CCC(C=CC=CC#N)CC3)CC2)cc1. The first-order chi connectivity index (χ1) is 15.7. The van der Waals surface area contributed by atoms with Crippen LogP contribution in [0.3, 0.4) is 0 Å². The molecule has 1 aromatic rings. The third-order valence-electron chi connectivity index (χ3n) is 7.25. The van der Waals surface area contributed by atoms with Crippen molar-refractivity contribution in [3.8, 4) is 6.07 Å². The van der Waals surface area contributed by atoms with E-state index in [0.29, 0.717) is 11.8 Å². The summed E-state index contributed by atoms with van der Waals surface area (Å²) in [6.45, 7) is 2.25. The quantitative estimate of drug-likeness (QED) is 0.176. The highest BCUT2D eigenvalue weighted by atomic mass is 16.5. The molecule has 0 spiro atoms. The van der Waals surface area contributed by atoms with Crippen molar-refractivity contribution in [1.29, 1.82) is 5.26 Å². The molecule has 2 aliphatic carbocycles. The Kier molecular flexibility index (Phi) is 10.1. The van der Waals surface area contributed by atoms with Crippen LogP contribution in [0.1, 0.15) is 94.6 Å². The van der Waals surface area contributed by atoms with Crippen molar-refractivity contribution < 1.29 is 9.53 Å². The van der Waals surface area contributed by atoms with Gasteiger partial charge < -0.3 is 4.74 Å². The van der Waals surface area contributed by atoms with E-state index in [2.05, 4.69) is 37.3 Å². The average molecular weight is 434 g/mol. The summed E-state index contributed by atoms with van der Waals surface area (Å²) in [4.78, 5) is 12.7. The lowest BCUT2D eigenvalue weighted by Gasteiger charge is -2.31. The van der Waals surface area contributed by atoms with Gasteiger partial charge >= 0.3 is 5.97 Å². The van der Waals surface area contributed by atoms with Crippen LogP contribution >= 0.6 is 0 Å². The van der Waals surface area contributed by atoms with E-state index in [9.17, 15) is 4.79 Å². The van der Waals surface area contributed by atoms with Crippen molar-refractivity contribution in [1.82, 2.24) is 0 Å². The smallest absolute Gasteiger partial charge is 0.309 e. The zero-order valence-electron chi connectivity index (χ0n) is 19.7. The predicted molar refractivity (Wildman–Crippen MR) is 130 cm³/mol. The molecule has 3 rings (SSSR count). The summed E-state index contributed by atoms with van der Waals surface area (Å²) in [7, 11) is 0. The lowest BCUT2D eigenvalue weighted by atomic mass is 9.81. The number of hydrogen-bond acceptors (Lipinski definition) is 3. The van der Waals surface area contributed by atoms with Gasteiger partial charge in [-0.1, -0.05) is 62.3 Å². The van der Waals surface area contributed by atoms with Crippen molar-refractivity contribution in [2.45, 2.75) is 96.0 Å². The van der Waals surface area contributed by atoms with Gasteiger partial charge in [0.15, 0.2) is 0 Å². The molecule has 3 heteroatoms. The maximum absolute atomic E-state index is 12.7. The fourth-order valence-corrected chi connectivity index (χ4v) is 5.18. The highest BCUT2D eigenvalue weighted by molar-refractivity contribution is 5.72. The molecule has 0 aliphatic heterocycles. The lowest BCUT2D eigenvalue weighted by molar-refractivity contribution is -0.157. The van der Waals surface area contributed by atoms with E-state index in [0.717, 1.165) is 51.4 Å². The first-order valence-corrected chi connectivity index (χ1v) is 12.7. The highest BCUT2D eigenvalue weighted by Gasteiger charge is 2.30. The van der Waals surface area contributed by atoms with Crippen molar-refractivity contribution in [3.63, 3.8) is 0 Å². The van der Waals surface area contributed by atoms with E-state index in [1.807, 2.05) is 12.1 Å². The van der Waals surface area contributed by atoms with E-state index in [1.165, 1.54) is 42.9 Å². The first kappa shape index (κ1) is 24.3. The normalized spacial score (nSPS) is 26.2. The van der Waals surface area contributed by atoms with Crippen LogP contribution in [0.25, 0.3) is 0 Å². The molecule has 2 aliphatic rings. The van der Waals surface area contributed by atoms with Crippen molar-refractivity contribution in [2.24, 2.45) is 11.8 Å². The second kappa shape index (κ2) is 13.3. The van der Waals surface area contributed by atoms with Gasteiger partial charge in [-0.15, -0.1) is 0 Å². The van der Waals surface area contributed by atoms with Gasteiger partial charge in [0.25, 0.3) is 0 Å². The maximum atomic E-state index is 12.7. The van der Waals surface area contributed by atoms with Crippen LogP contribution in [0.2, 0.25) is 0 Å². The minimum atomic E-state index is 0.0247. The Morgan fingerprint density at radius 1 is 1.00 bits per heavy atom. The molecule has 0 radical (unpaired) electrons. The molecule has 2 saturated carbocycles. The number of benzene rings is 1. The Morgan fingerprint density at radius 3 is 2.38 bits per heavy atom. The van der Waals surface area contributed by atoms with E-state index in [1.54, 1.807) is 6.08 Å². The number of unbranched alkanes of at least 4 members (excludes halogenated alkanes) is 2. The minimum Gasteiger partial charge on any atom is -0.462 e. The Labute approximate surface area is 194 Å². The molecule has 0 amide bonds. The van der Waals surface area contributed by atoms with Crippen LogP contribution in [0.4, 0.5) is 0 Å². The van der Waals surface area contributed by atoms with Gasteiger partial charge in [0.05, 0.1) is 12.0 Å². The molecule has 2 fully saturated rings. The van der Waals surface area contributed by atoms with Crippen molar-refractivity contribution >= 4 is 5.97 Å². The molecule has 0 N–H and O–H groups in total. The molecular weight excluding hydrogens is 394 g/mol. The summed E-state index contributed by atoms with van der Waals surface area (Å²) >= 11 is 0. The van der Waals surface area contributed by atoms with E-state index >= 15 is 0 Å². The van der Waals surface area contributed by atoms with Crippen LogP contribution in [0.15, 0.2) is 48.6 Å². The number of nitriles is 1. The van der Waals surface area contributed by atoms with Gasteiger partial charge in [-0.2, -0.15) is 5.26 Å². The van der Waals surface area contributed by atoms with Crippen LogP contribution in [0.5, 0.6) is 0 Å². The third kappa shape index (κ3) is 7.66. The number of hydrogen-bond donors (Lipinski definition) is 0. The predicted octanol–water partition coefficient (Wildman–Crippen LogP) is 7.43. The summed E-state index contributed by atoms with van der Waals surface area (Å²) in [5.41, 5.74) is 2.90. The Bertz CT molecular complexity index is 785. The fourth-order valence-electron chi connectivity index (χ4n) is 5.18. The largest absolute Gasteiger partial charge is 0.462 e. The van der Waals surface area contributed by atoms with Crippen LogP contribution < -0.4 is 0 Å². The molecule has 1 aromatic carbocycles. The zero-order chi connectivity index (χ0) is 22.6. The van der Waals surface area contributed by atoms with E-state index < -0.39 is 0 Å². The zero-order valence-corrected chi connectivity index (χ0v) is 19.7. The van der Waals surface area contributed by atoms with Gasteiger partial charge in [-0.25, -0.2) is 0 Å². The standard InChI is InChI=1S/C29H39NO2/c1-2-3-5-8-23-10-14-25(15-11-23)26-18-20-28(21-19-26)32-29(31)27-16-12-24(13-17-27)9-6-4-7-22-30/h4,6-7,9-11,14-15,24,26-28H,2-3,5,8,12-13,16-21H2,1H3. The third-order valence-corrected chi connectivity index (χ3v) is 7.25. The highest BCUT2D eigenvalue weighted by Crippen LogP contribution is 2.36. The Balaban J connectivity index is 1.37. The summed E-state index contributed by atoms with van der Waals surface area (Å²) < 4.78 is 5.93. The minimum absolute atomic E-state index is 0.0247. The Morgan fingerprint density at radius 2 is 1.72 bits per heavy atom. The number of aryl methyl sites for hydroxylation is 1. The number of nitrogens with zero attached hydrogens (tertiary/aromatic N) is 1. The average Bonchev–Trinajstić information content (AvgIpc) is 2.83. The molecule has 0 atom stereocenters. The number of esters is 1. The molecule has 0 saturated heterocycles. The van der Waals surface area contributed by atoms with Gasteiger partial charge in [-0.05, 0) is 87.2 Å². The van der Waals surface area contributed by atoms with Crippen LogP contribution in [-0.2, 0) is 16.0 Å². The van der Waals surface area contributed by atoms with Crippen molar-refractivity contribution in [2.75, 3.05) is 0 Å². The second-order valence-corrected chi connectivity index (χ2v) is 9.59. The number of carbonyl (C=O) groups is 1. The first-order valence-electron chi connectivity index (χ1n) is 12.7. The molecular formula is C29H39NO2. The van der Waals surface area contributed by atoms with Gasteiger partial charge in [0.1, 0.15) is 6.10 Å². The summed E-state index contributed by atoms with van der Waals surface area (Å²) in [6, 6.07) is 11.3. The molecule has 0 bridgehead atoms. The topological polar surface area (TPSA) is 50.1 Å². The molecule has 0 unspecified atom stereocenters. The summed E-state index contributed by atoms with van der Waals surface area (Å²) in [5.74, 6) is 1.20. The van der Waals surface area contributed by atoms with E-state index in [4.69, 9.17) is 10.00 Å². The summed E-state index contributed by atoms with van der Waals surface area (Å²) in [6.07, 6.45) is 20.6. The molecule has 32 heavy (non-hydrogen) atoms. The van der Waals surface area contributed by atoms with Crippen LogP contribution in [0, 0.1) is 23.2 Å². The fraction of sp³-hybridized carbons (Fsp3) is 0.586. The monoisotopic (exact) mass is 433 g/mol. The maximum Gasteiger partial charge on any atom is 0.309 e. The number of ether oxygens (including phenoxy) is 1. The molecule has 0 aromatic heterocycles. The second-order valence-electron chi connectivity index (χ2n) is 9.59.